The Hall–Kier alpha value is -2.96. The van der Waals surface area contributed by atoms with Gasteiger partial charge in [0.25, 0.3) is 0 Å². The van der Waals surface area contributed by atoms with Crippen molar-refractivity contribution in [3.63, 3.8) is 0 Å². The van der Waals surface area contributed by atoms with E-state index < -0.39 is 34.5 Å². The van der Waals surface area contributed by atoms with Crippen molar-refractivity contribution in [2.75, 3.05) is 5.75 Å². The van der Waals surface area contributed by atoms with Crippen LogP contribution in [0.2, 0.25) is 0 Å². The summed E-state index contributed by atoms with van der Waals surface area (Å²) in [4.78, 5) is 11.9. The van der Waals surface area contributed by atoms with Gasteiger partial charge in [0.2, 0.25) is 5.82 Å². The molecule has 0 bridgehead atoms. The van der Waals surface area contributed by atoms with Crippen LogP contribution in [0.4, 0.5) is 26.3 Å². The van der Waals surface area contributed by atoms with Crippen molar-refractivity contribution in [3.05, 3.63) is 35.8 Å². The first-order valence-corrected chi connectivity index (χ1v) is 10.5. The van der Waals surface area contributed by atoms with Crippen molar-refractivity contribution in [1.29, 1.82) is 0 Å². The van der Waals surface area contributed by atoms with Crippen LogP contribution >= 0.6 is 0 Å². The smallest absolute Gasteiger partial charge is 0.323 e. The first-order chi connectivity index (χ1) is 14.8. The van der Waals surface area contributed by atoms with E-state index in [2.05, 4.69) is 15.0 Å². The van der Waals surface area contributed by atoms with Crippen LogP contribution in [-0.2, 0) is 37.2 Å². The van der Waals surface area contributed by atoms with E-state index in [1.54, 1.807) is 6.92 Å². The molecule has 32 heavy (non-hydrogen) atoms. The minimum atomic E-state index is -4.70. The first kappa shape index (κ1) is 22.2. The molecule has 4 rings (SSSR count). The van der Waals surface area contributed by atoms with Gasteiger partial charge in [0.1, 0.15) is 11.3 Å². The van der Waals surface area contributed by atoms with E-state index in [1.165, 1.54) is 30.8 Å². The zero-order valence-corrected chi connectivity index (χ0v) is 17.7. The summed E-state index contributed by atoms with van der Waals surface area (Å²) < 4.78 is 94.1. The van der Waals surface area contributed by atoms with Gasteiger partial charge in [-0.25, -0.2) is 15.0 Å². The summed E-state index contributed by atoms with van der Waals surface area (Å²) in [7, 11) is 1.11. The van der Waals surface area contributed by atoms with E-state index in [-0.39, 0.29) is 44.2 Å². The maximum absolute atomic E-state index is 13.3. The molecule has 0 aliphatic carbocycles. The summed E-state index contributed by atoms with van der Waals surface area (Å²) in [6.45, 7) is 1.64. The number of benzene rings is 1. The molecule has 3 aromatic heterocycles. The molecule has 0 fully saturated rings. The number of halogens is 6. The second kappa shape index (κ2) is 7.29. The standard InChI is InChI=1S/C19H15F6N5OS/c1-4-32(31)14-7-13-11(28-17(29(13)2)19(23,24)25)6-10(14)15-27-12-5-9(18(20,21)22)8-26-16(12)30(15)3/h5-8H,4H2,1-3H3. The topological polar surface area (TPSA) is 65.6 Å². The molecule has 0 spiro atoms. The van der Waals surface area contributed by atoms with Crippen molar-refractivity contribution in [2.45, 2.75) is 24.2 Å². The summed E-state index contributed by atoms with van der Waals surface area (Å²) in [6.07, 6.45) is -8.64. The van der Waals surface area contributed by atoms with Crippen LogP contribution in [0.3, 0.4) is 0 Å². The van der Waals surface area contributed by atoms with Crippen LogP contribution in [0.5, 0.6) is 0 Å². The van der Waals surface area contributed by atoms with E-state index in [4.69, 9.17) is 0 Å². The number of hydrogen-bond donors (Lipinski definition) is 0. The molecule has 6 nitrogen and oxygen atoms in total. The van der Waals surface area contributed by atoms with E-state index in [0.717, 1.165) is 10.6 Å². The van der Waals surface area contributed by atoms with Gasteiger partial charge < -0.3 is 9.13 Å². The van der Waals surface area contributed by atoms with Gasteiger partial charge >= 0.3 is 12.4 Å². The molecular formula is C19H15F6N5OS. The molecule has 1 aromatic carbocycles. The lowest BCUT2D eigenvalue weighted by Crippen LogP contribution is -2.12. The average Bonchev–Trinajstić information content (AvgIpc) is 3.22. The van der Waals surface area contributed by atoms with Crippen LogP contribution in [0.25, 0.3) is 33.6 Å². The number of fused-ring (bicyclic) bond motifs is 2. The zero-order chi connectivity index (χ0) is 23.6. The first-order valence-electron chi connectivity index (χ1n) is 9.19. The fraction of sp³-hybridized carbons (Fsp3) is 0.316. The highest BCUT2D eigenvalue weighted by molar-refractivity contribution is 7.85. The maximum Gasteiger partial charge on any atom is 0.449 e. The monoisotopic (exact) mass is 475 g/mol. The molecule has 13 heteroatoms. The number of alkyl halides is 6. The summed E-state index contributed by atoms with van der Waals surface area (Å²) in [5, 5.41) is 0. The summed E-state index contributed by atoms with van der Waals surface area (Å²) in [5.41, 5.74) is -0.585. The largest absolute Gasteiger partial charge is 0.449 e. The molecule has 3 heterocycles. The van der Waals surface area contributed by atoms with Gasteiger partial charge in [0, 0.05) is 31.6 Å². The second-order valence-electron chi connectivity index (χ2n) is 7.02. The number of nitrogens with zero attached hydrogens (tertiary/aromatic N) is 5. The molecule has 4 aromatic rings. The summed E-state index contributed by atoms with van der Waals surface area (Å²) in [5.74, 6) is -0.841. The van der Waals surface area contributed by atoms with Crippen LogP contribution in [0.1, 0.15) is 18.3 Å². The number of imidazole rings is 2. The third-order valence-corrected chi connectivity index (χ3v) is 6.37. The van der Waals surface area contributed by atoms with Gasteiger partial charge in [-0.15, -0.1) is 0 Å². The van der Waals surface area contributed by atoms with E-state index in [9.17, 15) is 30.6 Å². The molecule has 0 N–H and O–H groups in total. The fourth-order valence-electron chi connectivity index (χ4n) is 3.46. The van der Waals surface area contributed by atoms with Crippen molar-refractivity contribution in [1.82, 2.24) is 24.1 Å². The lowest BCUT2D eigenvalue weighted by atomic mass is 10.2. The number of rotatable bonds is 3. The zero-order valence-electron chi connectivity index (χ0n) is 16.8. The highest BCUT2D eigenvalue weighted by Gasteiger charge is 2.37. The summed E-state index contributed by atoms with van der Waals surface area (Å²) in [6, 6.07) is 3.50. The Morgan fingerprint density at radius 2 is 1.62 bits per heavy atom. The summed E-state index contributed by atoms with van der Waals surface area (Å²) >= 11 is 0. The molecule has 1 atom stereocenters. The quantitative estimate of drug-likeness (QED) is 0.404. The Balaban J connectivity index is 2.01. The number of aryl methyl sites for hydroxylation is 2. The molecule has 0 saturated heterocycles. The molecule has 1 unspecified atom stereocenters. The van der Waals surface area contributed by atoms with Crippen LogP contribution in [0.15, 0.2) is 29.3 Å². The molecule has 0 aliphatic rings. The van der Waals surface area contributed by atoms with Crippen molar-refractivity contribution >= 4 is 33.0 Å². The molecule has 0 saturated carbocycles. The Morgan fingerprint density at radius 3 is 2.22 bits per heavy atom. The van der Waals surface area contributed by atoms with Gasteiger partial charge in [0.15, 0.2) is 5.65 Å². The lowest BCUT2D eigenvalue weighted by molar-refractivity contribution is -0.146. The highest BCUT2D eigenvalue weighted by Crippen LogP contribution is 2.36. The van der Waals surface area contributed by atoms with Crippen LogP contribution in [0, 0.1) is 0 Å². The van der Waals surface area contributed by atoms with Crippen molar-refractivity contribution < 1.29 is 30.6 Å². The van der Waals surface area contributed by atoms with Crippen LogP contribution in [-0.4, -0.2) is 34.0 Å². The Morgan fingerprint density at radius 1 is 0.938 bits per heavy atom. The molecule has 0 amide bonds. The van der Waals surface area contributed by atoms with Crippen LogP contribution < -0.4 is 0 Å². The van der Waals surface area contributed by atoms with Gasteiger partial charge in [-0.1, -0.05) is 6.92 Å². The third-order valence-electron chi connectivity index (χ3n) is 5.02. The predicted octanol–water partition coefficient (Wildman–Crippen LogP) is 4.69. The van der Waals surface area contributed by atoms with E-state index >= 15 is 0 Å². The Bertz CT molecular complexity index is 1390. The lowest BCUT2D eigenvalue weighted by Gasteiger charge is -2.10. The van der Waals surface area contributed by atoms with Crippen molar-refractivity contribution in [3.8, 4) is 11.4 Å². The Kier molecular flexibility index (Phi) is 5.07. The van der Waals surface area contributed by atoms with E-state index in [0.29, 0.717) is 6.20 Å². The average molecular weight is 475 g/mol. The number of hydrogen-bond acceptors (Lipinski definition) is 4. The minimum Gasteiger partial charge on any atom is -0.323 e. The second-order valence-corrected chi connectivity index (χ2v) is 8.73. The molecule has 0 aliphatic heterocycles. The van der Waals surface area contributed by atoms with Gasteiger partial charge in [-0.2, -0.15) is 26.3 Å². The minimum absolute atomic E-state index is 0.0114. The van der Waals surface area contributed by atoms with Gasteiger partial charge in [-0.05, 0) is 18.2 Å². The highest BCUT2D eigenvalue weighted by atomic mass is 32.2. The number of aromatic nitrogens is 5. The van der Waals surface area contributed by atoms with E-state index in [1.807, 2.05) is 0 Å². The third kappa shape index (κ3) is 3.53. The van der Waals surface area contributed by atoms with Gasteiger partial charge in [-0.3, -0.25) is 4.21 Å². The predicted molar refractivity (Wildman–Crippen MR) is 105 cm³/mol. The van der Waals surface area contributed by atoms with Crippen molar-refractivity contribution in [2.24, 2.45) is 14.1 Å². The normalized spacial score (nSPS) is 13.9. The Labute approximate surface area is 179 Å². The molecular weight excluding hydrogens is 460 g/mol. The molecule has 170 valence electrons. The number of pyridine rings is 1. The maximum atomic E-state index is 13.3. The SMILES string of the molecule is CCS(=O)c1cc2c(cc1-c1nc3cc(C(F)(F)F)cnc3n1C)nc(C(F)(F)F)n2C. The fourth-order valence-corrected chi connectivity index (χ4v) is 4.41. The molecule has 0 radical (unpaired) electrons. The van der Waals surface area contributed by atoms with Gasteiger partial charge in [0.05, 0.1) is 32.3 Å².